The summed E-state index contributed by atoms with van der Waals surface area (Å²) in [7, 11) is 1.44. The van der Waals surface area contributed by atoms with Gasteiger partial charge in [0.2, 0.25) is 0 Å². The summed E-state index contributed by atoms with van der Waals surface area (Å²) in [5.74, 6) is -1.02. The standard InChI is InChI=1S/C23H30ClN3O6/c1-22(2,3)14-7-9-23(10-8-14)20(30)27(21(31)26-23)12-19(29)33-13-18(28)25-16-11-15(24)5-6-17(16)32-4/h5-6,11,14H,7-10,12-13H2,1-4H3,(H,25,28)(H,26,31). The van der Waals surface area contributed by atoms with E-state index < -0.39 is 42.5 Å². The van der Waals surface area contributed by atoms with Gasteiger partial charge in [0.15, 0.2) is 6.61 Å². The van der Waals surface area contributed by atoms with Gasteiger partial charge in [-0.25, -0.2) is 4.79 Å². The molecule has 180 valence electrons. The maximum Gasteiger partial charge on any atom is 0.326 e. The Balaban J connectivity index is 1.52. The monoisotopic (exact) mass is 479 g/mol. The van der Waals surface area contributed by atoms with E-state index in [1.807, 2.05) is 0 Å². The molecular formula is C23H30ClN3O6. The van der Waals surface area contributed by atoms with Crippen molar-refractivity contribution in [2.24, 2.45) is 11.3 Å². The van der Waals surface area contributed by atoms with Crippen LogP contribution in [0.5, 0.6) is 5.75 Å². The minimum atomic E-state index is -0.959. The van der Waals surface area contributed by atoms with Crippen LogP contribution in [-0.4, -0.2) is 54.5 Å². The highest BCUT2D eigenvalue weighted by Gasteiger charge is 2.53. The van der Waals surface area contributed by atoms with Crippen molar-refractivity contribution in [2.45, 2.75) is 52.0 Å². The van der Waals surface area contributed by atoms with E-state index in [-0.39, 0.29) is 5.41 Å². The van der Waals surface area contributed by atoms with Crippen molar-refractivity contribution in [1.29, 1.82) is 0 Å². The lowest BCUT2D eigenvalue weighted by Crippen LogP contribution is -2.50. The first kappa shape index (κ1) is 24.8. The number of imide groups is 1. The summed E-state index contributed by atoms with van der Waals surface area (Å²) in [6, 6.07) is 4.09. The number of carbonyl (C=O) groups is 4. The van der Waals surface area contributed by atoms with E-state index in [0.29, 0.717) is 35.2 Å². The predicted octanol–water partition coefficient (Wildman–Crippen LogP) is 3.36. The minimum Gasteiger partial charge on any atom is -0.495 e. The van der Waals surface area contributed by atoms with Crippen LogP contribution in [0.15, 0.2) is 18.2 Å². The summed E-state index contributed by atoms with van der Waals surface area (Å²) in [6.45, 7) is 5.38. The van der Waals surface area contributed by atoms with Gasteiger partial charge in [0.1, 0.15) is 17.8 Å². The molecule has 0 bridgehead atoms. The van der Waals surface area contributed by atoms with Crippen LogP contribution in [0.1, 0.15) is 46.5 Å². The number of carbonyl (C=O) groups excluding carboxylic acids is 4. The summed E-state index contributed by atoms with van der Waals surface area (Å²) >= 11 is 5.93. The number of nitrogens with zero attached hydrogens (tertiary/aromatic N) is 1. The van der Waals surface area contributed by atoms with Gasteiger partial charge in [-0.2, -0.15) is 0 Å². The van der Waals surface area contributed by atoms with Crippen molar-refractivity contribution in [2.75, 3.05) is 25.6 Å². The summed E-state index contributed by atoms with van der Waals surface area (Å²) in [5.41, 5.74) is -0.501. The van der Waals surface area contributed by atoms with Crippen LogP contribution in [0.25, 0.3) is 0 Å². The van der Waals surface area contributed by atoms with Crippen LogP contribution >= 0.6 is 11.6 Å². The topological polar surface area (TPSA) is 114 Å². The Morgan fingerprint density at radius 1 is 1.24 bits per heavy atom. The Morgan fingerprint density at radius 3 is 2.52 bits per heavy atom. The molecule has 9 nitrogen and oxygen atoms in total. The molecule has 3 rings (SSSR count). The zero-order valence-corrected chi connectivity index (χ0v) is 20.1. The number of esters is 1. The third-order valence-electron chi connectivity index (χ3n) is 6.40. The van der Waals surface area contributed by atoms with Gasteiger partial charge < -0.3 is 20.1 Å². The van der Waals surface area contributed by atoms with Crippen LogP contribution in [0.4, 0.5) is 10.5 Å². The highest BCUT2D eigenvalue weighted by molar-refractivity contribution is 6.31. The van der Waals surface area contributed by atoms with Crippen molar-refractivity contribution < 1.29 is 28.7 Å². The number of hydrogen-bond donors (Lipinski definition) is 2. The summed E-state index contributed by atoms with van der Waals surface area (Å²) < 4.78 is 10.1. The first-order chi connectivity index (χ1) is 15.4. The second-order valence-corrected chi connectivity index (χ2v) is 10.0. The second-order valence-electron chi connectivity index (χ2n) is 9.60. The quantitative estimate of drug-likeness (QED) is 0.477. The average molecular weight is 480 g/mol. The fourth-order valence-electron chi connectivity index (χ4n) is 4.42. The third kappa shape index (κ3) is 5.58. The first-order valence-corrected chi connectivity index (χ1v) is 11.3. The van der Waals surface area contributed by atoms with Crippen LogP contribution in [0.2, 0.25) is 5.02 Å². The number of rotatable bonds is 6. The number of hydrogen-bond acceptors (Lipinski definition) is 6. The number of methoxy groups -OCH3 is 1. The highest BCUT2D eigenvalue weighted by Crippen LogP contribution is 2.43. The number of urea groups is 1. The molecule has 1 spiro atoms. The molecule has 1 aliphatic heterocycles. The van der Waals surface area contributed by atoms with Crippen molar-refractivity contribution in [3.63, 3.8) is 0 Å². The second kappa shape index (κ2) is 9.59. The van der Waals surface area contributed by atoms with Crippen LogP contribution in [0.3, 0.4) is 0 Å². The van der Waals surface area contributed by atoms with E-state index in [2.05, 4.69) is 31.4 Å². The molecule has 0 unspecified atom stereocenters. The molecule has 0 aromatic heterocycles. The van der Waals surface area contributed by atoms with E-state index in [0.717, 1.165) is 17.7 Å². The smallest absolute Gasteiger partial charge is 0.326 e. The SMILES string of the molecule is COc1ccc(Cl)cc1NC(=O)COC(=O)CN1C(=O)NC2(CCC(C(C)(C)C)CC2)C1=O. The fraction of sp³-hybridized carbons (Fsp3) is 0.565. The van der Waals surface area contributed by atoms with Gasteiger partial charge >= 0.3 is 12.0 Å². The van der Waals surface area contributed by atoms with E-state index in [1.54, 1.807) is 12.1 Å². The van der Waals surface area contributed by atoms with E-state index in [4.69, 9.17) is 21.1 Å². The van der Waals surface area contributed by atoms with Gasteiger partial charge in [-0.1, -0.05) is 32.4 Å². The van der Waals surface area contributed by atoms with E-state index in [9.17, 15) is 19.2 Å². The largest absolute Gasteiger partial charge is 0.495 e. The molecule has 1 aromatic rings. The molecule has 1 saturated heterocycles. The van der Waals surface area contributed by atoms with Gasteiger partial charge in [0.25, 0.3) is 11.8 Å². The average Bonchev–Trinajstić information content (AvgIpc) is 2.96. The number of ether oxygens (including phenoxy) is 2. The molecule has 1 heterocycles. The summed E-state index contributed by atoms with van der Waals surface area (Å²) in [6.07, 6.45) is 2.71. The number of benzene rings is 1. The van der Waals surface area contributed by atoms with Crippen molar-refractivity contribution in [3.8, 4) is 5.75 Å². The zero-order valence-electron chi connectivity index (χ0n) is 19.3. The molecule has 2 N–H and O–H groups in total. The molecule has 1 aliphatic carbocycles. The first-order valence-electron chi connectivity index (χ1n) is 10.9. The van der Waals surface area contributed by atoms with Crippen LogP contribution in [0, 0.1) is 11.3 Å². The van der Waals surface area contributed by atoms with Gasteiger partial charge in [-0.05, 0) is 55.2 Å². The van der Waals surface area contributed by atoms with Gasteiger partial charge in [-0.3, -0.25) is 19.3 Å². The lowest BCUT2D eigenvalue weighted by molar-refractivity contribution is -0.150. The number of anilines is 1. The molecule has 4 amide bonds. The molecule has 0 radical (unpaired) electrons. The maximum atomic E-state index is 13.0. The number of nitrogens with one attached hydrogen (secondary N) is 2. The molecule has 10 heteroatoms. The van der Waals surface area contributed by atoms with Gasteiger partial charge in [0, 0.05) is 5.02 Å². The van der Waals surface area contributed by atoms with Crippen LogP contribution in [-0.2, 0) is 19.1 Å². The molecule has 2 aliphatic rings. The van der Waals surface area contributed by atoms with Crippen LogP contribution < -0.4 is 15.4 Å². The third-order valence-corrected chi connectivity index (χ3v) is 6.63. The van der Waals surface area contributed by atoms with Crippen molar-refractivity contribution >= 4 is 41.1 Å². The Bertz CT molecular complexity index is 950. The Morgan fingerprint density at radius 2 is 1.91 bits per heavy atom. The normalized spacial score (nSPS) is 22.8. The lowest BCUT2D eigenvalue weighted by Gasteiger charge is -2.40. The molecule has 1 aromatic carbocycles. The molecule has 0 atom stereocenters. The zero-order chi connectivity index (χ0) is 24.4. The Hall–Kier alpha value is -2.81. The number of halogens is 1. The van der Waals surface area contributed by atoms with Crippen molar-refractivity contribution in [3.05, 3.63) is 23.2 Å². The maximum absolute atomic E-state index is 13.0. The highest BCUT2D eigenvalue weighted by atomic mass is 35.5. The van der Waals surface area contributed by atoms with Crippen molar-refractivity contribution in [1.82, 2.24) is 10.2 Å². The number of amides is 4. The lowest BCUT2D eigenvalue weighted by atomic mass is 9.67. The molecular weight excluding hydrogens is 450 g/mol. The minimum absolute atomic E-state index is 0.131. The van der Waals surface area contributed by atoms with E-state index >= 15 is 0 Å². The molecule has 33 heavy (non-hydrogen) atoms. The Kier molecular flexibility index (Phi) is 7.21. The fourth-order valence-corrected chi connectivity index (χ4v) is 4.59. The van der Waals surface area contributed by atoms with Gasteiger partial charge in [0.05, 0.1) is 12.8 Å². The Labute approximate surface area is 198 Å². The predicted molar refractivity (Wildman–Crippen MR) is 122 cm³/mol. The molecule has 1 saturated carbocycles. The van der Waals surface area contributed by atoms with Gasteiger partial charge in [-0.15, -0.1) is 0 Å². The summed E-state index contributed by atoms with van der Waals surface area (Å²) in [4.78, 5) is 50.7. The van der Waals surface area contributed by atoms with E-state index in [1.165, 1.54) is 13.2 Å². The molecule has 2 fully saturated rings. The summed E-state index contributed by atoms with van der Waals surface area (Å²) in [5, 5.41) is 5.73.